The minimum absolute atomic E-state index is 0.293. The van der Waals surface area contributed by atoms with Crippen molar-refractivity contribution in [3.8, 4) is 0 Å². The third-order valence-corrected chi connectivity index (χ3v) is 3.42. The first-order valence-corrected chi connectivity index (χ1v) is 9.40. The lowest BCUT2D eigenvalue weighted by Gasteiger charge is -2.02. The Morgan fingerprint density at radius 3 is 2.32 bits per heavy atom. The Labute approximate surface area is 155 Å². The van der Waals surface area contributed by atoms with Gasteiger partial charge in [0.15, 0.2) is 6.79 Å². The zero-order valence-corrected chi connectivity index (χ0v) is 16.4. The lowest BCUT2D eigenvalue weighted by Crippen LogP contribution is -2.17. The molecule has 0 unspecified atom stereocenters. The maximum atomic E-state index is 5.00. The summed E-state index contributed by atoms with van der Waals surface area (Å²) in [6.45, 7) is 5.50. The average Bonchev–Trinajstić information content (AvgIpc) is 2.62. The second-order valence-corrected chi connectivity index (χ2v) is 5.84. The topological polar surface area (TPSA) is 30.5 Å². The van der Waals surface area contributed by atoms with Crippen LogP contribution in [0.2, 0.25) is 0 Å². The van der Waals surface area contributed by atoms with Crippen molar-refractivity contribution in [3.63, 3.8) is 0 Å². The molecule has 3 nitrogen and oxygen atoms in total. The van der Waals surface area contributed by atoms with E-state index in [1.807, 2.05) is 0 Å². The molecule has 0 radical (unpaired) electrons. The van der Waals surface area contributed by atoms with Crippen molar-refractivity contribution in [2.75, 3.05) is 20.4 Å². The highest BCUT2D eigenvalue weighted by Gasteiger charge is 1.86. The van der Waals surface area contributed by atoms with Crippen LogP contribution < -0.4 is 5.48 Å². The largest absolute Gasteiger partial charge is 0.357 e. The van der Waals surface area contributed by atoms with Gasteiger partial charge in [0.2, 0.25) is 0 Å². The van der Waals surface area contributed by atoms with Gasteiger partial charge in [0.25, 0.3) is 0 Å². The van der Waals surface area contributed by atoms with Crippen molar-refractivity contribution in [2.45, 2.75) is 58.8 Å². The predicted molar refractivity (Wildman–Crippen MR) is 109 cm³/mol. The minimum atomic E-state index is 0.293. The highest BCUT2D eigenvalue weighted by Crippen LogP contribution is 2.04. The number of allylic oxidation sites excluding steroid dienone is 10. The molecule has 25 heavy (non-hydrogen) atoms. The van der Waals surface area contributed by atoms with Gasteiger partial charge in [-0.1, -0.05) is 67.2 Å². The molecule has 0 aliphatic rings. The zero-order valence-electron chi connectivity index (χ0n) is 16.4. The standard InChI is InChI=1S/C22H37NO2/c1-4-5-6-7-9-12-15-18-22(2)19-16-13-10-8-11-14-17-20-23-25-21-24-3/h5-6,8-9,11-13,16,18,23H,4,7,10,14-15,17,19-21H2,1-3H3. The van der Waals surface area contributed by atoms with Gasteiger partial charge in [-0.15, -0.1) is 0 Å². The monoisotopic (exact) mass is 347 g/mol. The summed E-state index contributed by atoms with van der Waals surface area (Å²) in [6.07, 6.45) is 27.5. The van der Waals surface area contributed by atoms with E-state index < -0.39 is 0 Å². The number of nitrogens with one attached hydrogen (secondary N) is 1. The van der Waals surface area contributed by atoms with E-state index >= 15 is 0 Å². The Balaban J connectivity index is 3.57. The van der Waals surface area contributed by atoms with Crippen LogP contribution in [0.4, 0.5) is 0 Å². The summed E-state index contributed by atoms with van der Waals surface area (Å²) >= 11 is 0. The summed E-state index contributed by atoms with van der Waals surface area (Å²) in [6, 6.07) is 0. The van der Waals surface area contributed by atoms with E-state index in [2.05, 4.69) is 74.0 Å². The first kappa shape index (κ1) is 23.6. The normalized spacial score (nSPS) is 13.3. The molecule has 0 bridgehead atoms. The van der Waals surface area contributed by atoms with Crippen LogP contribution in [0.3, 0.4) is 0 Å². The molecule has 0 aromatic rings. The fourth-order valence-electron chi connectivity index (χ4n) is 2.01. The highest BCUT2D eigenvalue weighted by atomic mass is 16.7. The molecular formula is C22H37NO2. The number of hydrogen-bond donors (Lipinski definition) is 1. The molecule has 0 fully saturated rings. The van der Waals surface area contributed by atoms with Gasteiger partial charge in [-0.05, 0) is 51.9 Å². The van der Waals surface area contributed by atoms with Crippen molar-refractivity contribution in [1.82, 2.24) is 5.48 Å². The smallest absolute Gasteiger partial charge is 0.166 e. The van der Waals surface area contributed by atoms with Gasteiger partial charge in [0.1, 0.15) is 0 Å². The Bertz CT molecular complexity index is 420. The molecule has 1 N–H and O–H groups in total. The second-order valence-electron chi connectivity index (χ2n) is 5.84. The van der Waals surface area contributed by atoms with Crippen molar-refractivity contribution < 1.29 is 9.57 Å². The molecule has 0 heterocycles. The van der Waals surface area contributed by atoms with Crippen LogP contribution in [0.25, 0.3) is 0 Å². The van der Waals surface area contributed by atoms with Crippen LogP contribution in [0.1, 0.15) is 58.8 Å². The molecule has 0 aliphatic heterocycles. The summed E-state index contributed by atoms with van der Waals surface area (Å²) in [5, 5.41) is 0. The van der Waals surface area contributed by atoms with E-state index in [9.17, 15) is 0 Å². The van der Waals surface area contributed by atoms with Gasteiger partial charge in [0.05, 0.1) is 0 Å². The van der Waals surface area contributed by atoms with E-state index in [0.717, 1.165) is 51.5 Å². The molecular weight excluding hydrogens is 310 g/mol. The van der Waals surface area contributed by atoms with Gasteiger partial charge in [-0.25, -0.2) is 0 Å². The Hall–Kier alpha value is -1.42. The maximum absolute atomic E-state index is 5.00. The summed E-state index contributed by atoms with van der Waals surface area (Å²) in [5.74, 6) is 0. The van der Waals surface area contributed by atoms with Crippen LogP contribution in [0.5, 0.6) is 0 Å². The molecule has 142 valence electrons. The van der Waals surface area contributed by atoms with Crippen LogP contribution in [0.15, 0.2) is 60.3 Å². The average molecular weight is 348 g/mol. The van der Waals surface area contributed by atoms with Crippen molar-refractivity contribution in [2.24, 2.45) is 0 Å². The zero-order chi connectivity index (χ0) is 18.4. The third-order valence-electron chi connectivity index (χ3n) is 3.42. The van der Waals surface area contributed by atoms with E-state index in [1.165, 1.54) is 5.57 Å². The van der Waals surface area contributed by atoms with Crippen molar-refractivity contribution >= 4 is 0 Å². The Morgan fingerprint density at radius 1 is 0.880 bits per heavy atom. The van der Waals surface area contributed by atoms with Gasteiger partial charge >= 0.3 is 0 Å². The summed E-state index contributed by atoms with van der Waals surface area (Å²) < 4.78 is 4.77. The Kier molecular flexibility index (Phi) is 19.5. The van der Waals surface area contributed by atoms with E-state index in [0.29, 0.717) is 6.79 Å². The number of rotatable bonds is 16. The number of unbranched alkanes of at least 4 members (excludes halogenated alkanes) is 1. The fourth-order valence-corrected chi connectivity index (χ4v) is 2.01. The van der Waals surface area contributed by atoms with E-state index in [1.54, 1.807) is 7.11 Å². The quantitative estimate of drug-likeness (QED) is 0.160. The number of hydroxylamine groups is 1. The fraction of sp³-hybridized carbons (Fsp3) is 0.545. The molecule has 0 saturated heterocycles. The molecule has 0 amide bonds. The lowest BCUT2D eigenvalue weighted by atomic mass is 10.1. The first-order valence-electron chi connectivity index (χ1n) is 9.40. The molecule has 0 spiro atoms. The highest BCUT2D eigenvalue weighted by molar-refractivity contribution is 5.08. The van der Waals surface area contributed by atoms with Crippen LogP contribution in [0, 0.1) is 0 Å². The van der Waals surface area contributed by atoms with Gasteiger partial charge < -0.3 is 4.74 Å². The number of methoxy groups -OCH3 is 1. The van der Waals surface area contributed by atoms with Crippen LogP contribution in [-0.2, 0) is 9.57 Å². The third kappa shape index (κ3) is 20.5. The van der Waals surface area contributed by atoms with Gasteiger partial charge in [-0.3, -0.25) is 4.84 Å². The minimum Gasteiger partial charge on any atom is -0.357 e. The van der Waals surface area contributed by atoms with E-state index in [-0.39, 0.29) is 0 Å². The SMILES string of the molecule is CCC=CCC=CCC=C(C)CC=CCC=CCCCNOCOC. The molecule has 0 aromatic carbocycles. The second kappa shape index (κ2) is 20.6. The molecule has 0 atom stereocenters. The molecule has 0 rings (SSSR count). The van der Waals surface area contributed by atoms with E-state index in [4.69, 9.17) is 9.57 Å². The predicted octanol–water partition coefficient (Wildman–Crippen LogP) is 6.03. The van der Waals surface area contributed by atoms with Gasteiger partial charge in [0, 0.05) is 13.7 Å². The summed E-state index contributed by atoms with van der Waals surface area (Å²) in [4.78, 5) is 5.00. The number of ether oxygens (including phenoxy) is 1. The molecule has 0 saturated carbocycles. The summed E-state index contributed by atoms with van der Waals surface area (Å²) in [5.41, 5.74) is 4.28. The van der Waals surface area contributed by atoms with Crippen LogP contribution >= 0.6 is 0 Å². The Morgan fingerprint density at radius 2 is 1.56 bits per heavy atom. The molecule has 3 heteroatoms. The van der Waals surface area contributed by atoms with Crippen molar-refractivity contribution in [1.29, 1.82) is 0 Å². The van der Waals surface area contributed by atoms with Crippen molar-refractivity contribution in [3.05, 3.63) is 60.3 Å². The number of hydrogen-bond acceptors (Lipinski definition) is 3. The lowest BCUT2D eigenvalue weighted by molar-refractivity contribution is -0.0816. The summed E-state index contributed by atoms with van der Waals surface area (Å²) in [7, 11) is 1.61. The molecule has 0 aromatic heterocycles. The maximum Gasteiger partial charge on any atom is 0.166 e. The van der Waals surface area contributed by atoms with Gasteiger partial charge in [-0.2, -0.15) is 5.48 Å². The first-order chi connectivity index (χ1) is 12.3. The van der Waals surface area contributed by atoms with Crippen LogP contribution in [-0.4, -0.2) is 20.4 Å². The molecule has 0 aliphatic carbocycles.